The highest BCUT2D eigenvalue weighted by Gasteiger charge is 2.11. The predicted octanol–water partition coefficient (Wildman–Crippen LogP) is 2.59. The molecule has 102 valence electrons. The lowest BCUT2D eigenvalue weighted by Gasteiger charge is -2.08. The second-order valence-corrected chi connectivity index (χ2v) is 5.93. The molecule has 0 amide bonds. The maximum atomic E-state index is 11.7. The summed E-state index contributed by atoms with van der Waals surface area (Å²) in [5.41, 5.74) is 0.960. The van der Waals surface area contributed by atoms with Crippen LogP contribution in [0.1, 0.15) is 33.1 Å². The fourth-order valence-corrected chi connectivity index (χ4v) is 2.67. The van der Waals surface area contributed by atoms with E-state index in [-0.39, 0.29) is 0 Å². The Morgan fingerprint density at radius 3 is 2.28 bits per heavy atom. The molecule has 0 fully saturated rings. The van der Waals surface area contributed by atoms with E-state index in [1.54, 1.807) is 31.2 Å². The van der Waals surface area contributed by atoms with E-state index in [0.717, 1.165) is 18.7 Å². The number of benzene rings is 1. The molecule has 0 saturated carbocycles. The van der Waals surface area contributed by atoms with Crippen molar-refractivity contribution >= 4 is 15.7 Å². The fourth-order valence-electron chi connectivity index (χ4n) is 1.63. The van der Waals surface area contributed by atoms with Crippen LogP contribution in [0.15, 0.2) is 29.2 Å². The Labute approximate surface area is 110 Å². The van der Waals surface area contributed by atoms with Crippen LogP contribution in [0, 0.1) is 0 Å². The second-order valence-electron chi connectivity index (χ2n) is 4.16. The van der Waals surface area contributed by atoms with E-state index < -0.39 is 10.0 Å². The van der Waals surface area contributed by atoms with Gasteiger partial charge in [-0.2, -0.15) is 0 Å². The highest BCUT2D eigenvalue weighted by atomic mass is 32.2. The van der Waals surface area contributed by atoms with Crippen LogP contribution in [-0.2, 0) is 10.0 Å². The number of hydrogen-bond acceptors (Lipinski definition) is 3. The van der Waals surface area contributed by atoms with Gasteiger partial charge in [0.1, 0.15) is 0 Å². The van der Waals surface area contributed by atoms with Crippen molar-refractivity contribution in [1.82, 2.24) is 4.72 Å². The summed E-state index contributed by atoms with van der Waals surface area (Å²) in [4.78, 5) is 0.309. The van der Waals surface area contributed by atoms with Crippen LogP contribution in [0.4, 0.5) is 5.69 Å². The van der Waals surface area contributed by atoms with Crippen LogP contribution in [0.2, 0.25) is 0 Å². The first-order valence-electron chi connectivity index (χ1n) is 6.43. The first-order chi connectivity index (χ1) is 8.60. The minimum atomic E-state index is -3.33. The Morgan fingerprint density at radius 1 is 1.06 bits per heavy atom. The van der Waals surface area contributed by atoms with Gasteiger partial charge in [-0.25, -0.2) is 13.1 Å². The summed E-state index contributed by atoms with van der Waals surface area (Å²) in [6.07, 6.45) is 3.54. The number of rotatable bonds is 8. The first-order valence-corrected chi connectivity index (χ1v) is 7.92. The Morgan fingerprint density at radius 2 is 1.72 bits per heavy atom. The van der Waals surface area contributed by atoms with Gasteiger partial charge in [0.25, 0.3) is 0 Å². The van der Waals surface area contributed by atoms with E-state index in [4.69, 9.17) is 0 Å². The van der Waals surface area contributed by atoms with Gasteiger partial charge < -0.3 is 5.32 Å². The topological polar surface area (TPSA) is 58.2 Å². The van der Waals surface area contributed by atoms with Gasteiger partial charge in [-0.05, 0) is 30.7 Å². The van der Waals surface area contributed by atoms with Crippen molar-refractivity contribution in [1.29, 1.82) is 0 Å². The number of nitrogens with one attached hydrogen (secondary N) is 2. The molecular weight excluding hydrogens is 248 g/mol. The Hall–Kier alpha value is -1.07. The zero-order valence-corrected chi connectivity index (χ0v) is 11.9. The fraction of sp³-hybridized carbons (Fsp3) is 0.538. The van der Waals surface area contributed by atoms with Crippen LogP contribution in [0.5, 0.6) is 0 Å². The molecule has 0 aliphatic heterocycles. The van der Waals surface area contributed by atoms with Gasteiger partial charge >= 0.3 is 0 Å². The molecule has 0 aliphatic carbocycles. The molecule has 0 saturated heterocycles. The summed E-state index contributed by atoms with van der Waals surface area (Å²) in [7, 11) is -3.33. The van der Waals surface area contributed by atoms with Gasteiger partial charge in [-0.15, -0.1) is 0 Å². The molecule has 0 heterocycles. The lowest BCUT2D eigenvalue weighted by Crippen LogP contribution is -2.23. The number of anilines is 1. The Kier molecular flexibility index (Phi) is 6.15. The zero-order valence-electron chi connectivity index (χ0n) is 11.1. The molecule has 1 rings (SSSR count). The van der Waals surface area contributed by atoms with Crippen LogP contribution in [0.25, 0.3) is 0 Å². The molecule has 0 aromatic heterocycles. The molecule has 0 spiro atoms. The zero-order chi connectivity index (χ0) is 13.4. The Bertz CT molecular complexity index is 441. The summed E-state index contributed by atoms with van der Waals surface area (Å²) >= 11 is 0. The average molecular weight is 270 g/mol. The van der Waals surface area contributed by atoms with Crippen molar-refractivity contribution < 1.29 is 8.42 Å². The molecule has 1 aromatic rings. The van der Waals surface area contributed by atoms with E-state index in [9.17, 15) is 8.42 Å². The van der Waals surface area contributed by atoms with Gasteiger partial charge in [0.15, 0.2) is 0 Å². The van der Waals surface area contributed by atoms with E-state index >= 15 is 0 Å². The molecular formula is C13H22N2O2S. The van der Waals surface area contributed by atoms with Gasteiger partial charge in [-0.3, -0.25) is 0 Å². The molecule has 18 heavy (non-hydrogen) atoms. The monoisotopic (exact) mass is 270 g/mol. The smallest absolute Gasteiger partial charge is 0.240 e. The molecule has 0 bridgehead atoms. The van der Waals surface area contributed by atoms with Crippen LogP contribution >= 0.6 is 0 Å². The molecule has 2 N–H and O–H groups in total. The molecule has 1 aromatic carbocycles. The maximum absolute atomic E-state index is 11.7. The van der Waals surface area contributed by atoms with E-state index in [1.165, 1.54) is 12.8 Å². The largest absolute Gasteiger partial charge is 0.385 e. The van der Waals surface area contributed by atoms with Crippen molar-refractivity contribution in [2.75, 3.05) is 18.4 Å². The summed E-state index contributed by atoms with van der Waals surface area (Å²) in [5.74, 6) is 0. The van der Waals surface area contributed by atoms with Crippen molar-refractivity contribution in [3.8, 4) is 0 Å². The lowest BCUT2D eigenvalue weighted by molar-refractivity contribution is 0.584. The summed E-state index contributed by atoms with van der Waals surface area (Å²) in [6.45, 7) is 5.26. The van der Waals surface area contributed by atoms with E-state index in [2.05, 4.69) is 17.0 Å². The number of unbranched alkanes of at least 4 members (excludes halogenated alkanes) is 2. The summed E-state index contributed by atoms with van der Waals surface area (Å²) in [6, 6.07) is 6.85. The minimum absolute atomic E-state index is 0.309. The minimum Gasteiger partial charge on any atom is -0.385 e. The standard InChI is InChI=1S/C13H22N2O2S/c1-3-5-6-11-14-12-7-9-13(10-8-12)18(16,17)15-4-2/h7-10,14-15H,3-6,11H2,1-2H3. The predicted molar refractivity (Wildman–Crippen MR) is 75.3 cm³/mol. The lowest BCUT2D eigenvalue weighted by atomic mass is 10.2. The Balaban J connectivity index is 2.57. The third-order valence-electron chi connectivity index (χ3n) is 2.61. The van der Waals surface area contributed by atoms with E-state index in [1.807, 2.05) is 0 Å². The van der Waals surface area contributed by atoms with Gasteiger partial charge in [0, 0.05) is 18.8 Å². The molecule has 0 atom stereocenters. The molecule has 0 unspecified atom stereocenters. The normalized spacial score (nSPS) is 11.4. The maximum Gasteiger partial charge on any atom is 0.240 e. The average Bonchev–Trinajstić information content (AvgIpc) is 2.35. The third-order valence-corrected chi connectivity index (χ3v) is 4.17. The molecule has 4 nitrogen and oxygen atoms in total. The van der Waals surface area contributed by atoms with Crippen LogP contribution < -0.4 is 10.0 Å². The van der Waals surface area contributed by atoms with Crippen LogP contribution in [0.3, 0.4) is 0 Å². The van der Waals surface area contributed by atoms with Crippen molar-refractivity contribution in [2.24, 2.45) is 0 Å². The van der Waals surface area contributed by atoms with Gasteiger partial charge in [-0.1, -0.05) is 26.7 Å². The van der Waals surface area contributed by atoms with Crippen molar-refractivity contribution in [3.63, 3.8) is 0 Å². The molecule has 5 heteroatoms. The van der Waals surface area contributed by atoms with E-state index in [0.29, 0.717) is 11.4 Å². The number of hydrogen-bond donors (Lipinski definition) is 2. The quantitative estimate of drug-likeness (QED) is 0.714. The third kappa shape index (κ3) is 4.66. The molecule has 0 aliphatic rings. The second kappa shape index (κ2) is 7.38. The first kappa shape index (κ1) is 15.0. The van der Waals surface area contributed by atoms with Gasteiger partial charge in [0.05, 0.1) is 4.90 Å². The van der Waals surface area contributed by atoms with Crippen molar-refractivity contribution in [2.45, 2.75) is 38.0 Å². The summed E-state index contributed by atoms with van der Waals surface area (Å²) < 4.78 is 25.9. The van der Waals surface area contributed by atoms with Crippen molar-refractivity contribution in [3.05, 3.63) is 24.3 Å². The highest BCUT2D eigenvalue weighted by Crippen LogP contribution is 2.14. The summed E-state index contributed by atoms with van der Waals surface area (Å²) in [5, 5.41) is 3.27. The molecule has 0 radical (unpaired) electrons. The number of sulfonamides is 1. The van der Waals surface area contributed by atoms with Gasteiger partial charge in [0.2, 0.25) is 10.0 Å². The van der Waals surface area contributed by atoms with Crippen LogP contribution in [-0.4, -0.2) is 21.5 Å². The SMILES string of the molecule is CCCCCNc1ccc(S(=O)(=O)NCC)cc1. The highest BCUT2D eigenvalue weighted by molar-refractivity contribution is 7.89.